The summed E-state index contributed by atoms with van der Waals surface area (Å²) in [5.41, 5.74) is 1.90. The summed E-state index contributed by atoms with van der Waals surface area (Å²) in [6.07, 6.45) is 4.95. The highest BCUT2D eigenvalue weighted by atomic mass is 16.5. The number of esters is 1. The Balaban J connectivity index is 1.42. The normalized spacial score (nSPS) is 24.1. The van der Waals surface area contributed by atoms with Crippen LogP contribution in [-0.4, -0.2) is 54.5 Å². The average Bonchev–Trinajstić information content (AvgIpc) is 3.16. The van der Waals surface area contributed by atoms with Gasteiger partial charge in [0.05, 0.1) is 16.9 Å². The lowest BCUT2D eigenvalue weighted by Gasteiger charge is -2.33. The van der Waals surface area contributed by atoms with E-state index in [1.54, 1.807) is 17.0 Å². The van der Waals surface area contributed by atoms with Gasteiger partial charge in [0.25, 0.3) is 5.91 Å². The van der Waals surface area contributed by atoms with Gasteiger partial charge in [-0.3, -0.25) is 9.59 Å². The Morgan fingerprint density at radius 3 is 2.85 bits per heavy atom. The van der Waals surface area contributed by atoms with Gasteiger partial charge in [-0.15, -0.1) is 0 Å². The van der Waals surface area contributed by atoms with Crippen molar-refractivity contribution in [3.05, 3.63) is 23.8 Å². The summed E-state index contributed by atoms with van der Waals surface area (Å²) in [6.45, 7) is 3.34. The Labute approximate surface area is 158 Å². The molecule has 144 valence electrons. The van der Waals surface area contributed by atoms with Crippen molar-refractivity contribution in [2.45, 2.75) is 51.1 Å². The average molecular weight is 371 g/mol. The molecule has 0 saturated carbocycles. The first-order valence-corrected chi connectivity index (χ1v) is 9.73. The molecule has 7 heteroatoms. The Morgan fingerprint density at radius 1 is 1.19 bits per heavy atom. The third-order valence-corrected chi connectivity index (χ3v) is 5.81. The first kappa shape index (κ1) is 17.8. The van der Waals surface area contributed by atoms with E-state index in [-0.39, 0.29) is 30.5 Å². The minimum atomic E-state index is -0.548. The molecule has 1 aromatic rings. The van der Waals surface area contributed by atoms with E-state index in [4.69, 9.17) is 4.74 Å². The van der Waals surface area contributed by atoms with Crippen LogP contribution in [0.25, 0.3) is 0 Å². The van der Waals surface area contributed by atoms with Crippen molar-refractivity contribution in [1.29, 1.82) is 0 Å². The van der Waals surface area contributed by atoms with E-state index in [9.17, 15) is 14.4 Å². The summed E-state index contributed by atoms with van der Waals surface area (Å²) in [5, 5.41) is 2.89. The highest BCUT2D eigenvalue weighted by molar-refractivity contribution is 6.05. The van der Waals surface area contributed by atoms with E-state index >= 15 is 0 Å². The van der Waals surface area contributed by atoms with Crippen molar-refractivity contribution >= 4 is 29.2 Å². The number of amides is 2. The second-order valence-corrected chi connectivity index (χ2v) is 7.58. The highest BCUT2D eigenvalue weighted by Crippen LogP contribution is 2.37. The molecule has 3 heterocycles. The van der Waals surface area contributed by atoms with Crippen LogP contribution >= 0.6 is 0 Å². The molecular formula is C20H25N3O4. The predicted molar refractivity (Wildman–Crippen MR) is 101 cm³/mol. The molecule has 27 heavy (non-hydrogen) atoms. The first-order valence-electron chi connectivity index (χ1n) is 9.73. The van der Waals surface area contributed by atoms with Crippen LogP contribution in [0.4, 0.5) is 11.4 Å². The smallest absolute Gasteiger partial charge is 0.338 e. The maximum absolute atomic E-state index is 12.4. The molecule has 4 rings (SSSR count). The minimum absolute atomic E-state index is 0.0280. The molecule has 1 aromatic carbocycles. The SMILES string of the molecule is C[C@H]1CCCCN1C(=O)COC(=O)c1ccc2c(c1)NC(=O)[C@@H]1CCCN21. The number of carbonyl (C=O) groups excluding carboxylic acids is 3. The summed E-state index contributed by atoms with van der Waals surface area (Å²) in [6, 6.07) is 5.26. The number of hydrogen-bond donors (Lipinski definition) is 1. The summed E-state index contributed by atoms with van der Waals surface area (Å²) in [5.74, 6) is -0.727. The van der Waals surface area contributed by atoms with Crippen LogP contribution in [-0.2, 0) is 14.3 Å². The number of carbonyl (C=O) groups is 3. The number of hydrogen-bond acceptors (Lipinski definition) is 5. The van der Waals surface area contributed by atoms with E-state index in [0.29, 0.717) is 11.3 Å². The van der Waals surface area contributed by atoms with Crippen LogP contribution in [0.3, 0.4) is 0 Å². The third-order valence-electron chi connectivity index (χ3n) is 5.81. The lowest BCUT2D eigenvalue weighted by atomic mass is 10.0. The van der Waals surface area contributed by atoms with Crippen LogP contribution in [0.1, 0.15) is 49.4 Å². The van der Waals surface area contributed by atoms with Crippen LogP contribution < -0.4 is 10.2 Å². The van der Waals surface area contributed by atoms with Crippen molar-refractivity contribution in [2.24, 2.45) is 0 Å². The lowest BCUT2D eigenvalue weighted by molar-refractivity contribution is -0.137. The Kier molecular flexibility index (Phi) is 4.76. The van der Waals surface area contributed by atoms with E-state index in [1.807, 2.05) is 13.0 Å². The Morgan fingerprint density at radius 2 is 2.04 bits per heavy atom. The number of nitrogens with one attached hydrogen (secondary N) is 1. The zero-order valence-electron chi connectivity index (χ0n) is 15.6. The summed E-state index contributed by atoms with van der Waals surface area (Å²) >= 11 is 0. The lowest BCUT2D eigenvalue weighted by Crippen LogP contribution is -2.44. The predicted octanol–water partition coefficient (Wildman–Crippen LogP) is 2.17. The van der Waals surface area contributed by atoms with Gasteiger partial charge < -0.3 is 19.9 Å². The first-order chi connectivity index (χ1) is 13.0. The van der Waals surface area contributed by atoms with E-state index < -0.39 is 5.97 Å². The van der Waals surface area contributed by atoms with E-state index in [0.717, 1.165) is 50.9 Å². The molecule has 0 spiro atoms. The molecule has 0 radical (unpaired) electrons. The van der Waals surface area contributed by atoms with E-state index in [1.165, 1.54) is 0 Å². The molecule has 0 aliphatic carbocycles. The molecule has 2 amide bonds. The highest BCUT2D eigenvalue weighted by Gasteiger charge is 2.36. The number of piperidine rings is 1. The second-order valence-electron chi connectivity index (χ2n) is 7.58. The fourth-order valence-corrected chi connectivity index (χ4v) is 4.32. The van der Waals surface area contributed by atoms with Crippen molar-refractivity contribution in [1.82, 2.24) is 4.90 Å². The van der Waals surface area contributed by atoms with Gasteiger partial charge in [0.1, 0.15) is 6.04 Å². The standard InChI is InChI=1S/C20H25N3O4/c1-13-5-2-3-9-22(13)18(24)12-27-20(26)14-7-8-16-15(11-14)21-19(25)17-6-4-10-23(16)17/h7-8,11,13,17H,2-6,9-10,12H2,1H3,(H,21,25)/t13-,17-/m0/s1. The number of nitrogens with zero attached hydrogens (tertiary/aromatic N) is 2. The number of rotatable bonds is 3. The molecule has 0 bridgehead atoms. The largest absolute Gasteiger partial charge is 0.452 e. The Bertz CT molecular complexity index is 778. The number of ether oxygens (including phenoxy) is 1. The van der Waals surface area contributed by atoms with Crippen molar-refractivity contribution in [2.75, 3.05) is 29.9 Å². The van der Waals surface area contributed by atoms with E-state index in [2.05, 4.69) is 10.2 Å². The maximum atomic E-state index is 12.4. The second kappa shape index (κ2) is 7.21. The van der Waals surface area contributed by atoms with Crippen molar-refractivity contribution in [3.8, 4) is 0 Å². The quantitative estimate of drug-likeness (QED) is 0.824. The summed E-state index contributed by atoms with van der Waals surface area (Å²) < 4.78 is 5.24. The number of benzene rings is 1. The Hall–Kier alpha value is -2.57. The number of anilines is 2. The van der Waals surface area contributed by atoms with Gasteiger partial charge >= 0.3 is 5.97 Å². The summed E-state index contributed by atoms with van der Waals surface area (Å²) in [4.78, 5) is 40.8. The van der Waals surface area contributed by atoms with Gasteiger partial charge in [-0.2, -0.15) is 0 Å². The van der Waals surface area contributed by atoms with Crippen LogP contribution in [0, 0.1) is 0 Å². The molecular weight excluding hydrogens is 346 g/mol. The van der Waals surface area contributed by atoms with Gasteiger partial charge in [-0.25, -0.2) is 4.79 Å². The molecule has 7 nitrogen and oxygen atoms in total. The molecule has 2 saturated heterocycles. The van der Waals surface area contributed by atoms with Crippen molar-refractivity contribution < 1.29 is 19.1 Å². The summed E-state index contributed by atoms with van der Waals surface area (Å²) in [7, 11) is 0. The molecule has 0 unspecified atom stereocenters. The van der Waals surface area contributed by atoms with Gasteiger partial charge in [0.15, 0.2) is 6.61 Å². The van der Waals surface area contributed by atoms with Gasteiger partial charge in [0.2, 0.25) is 5.91 Å². The molecule has 0 aromatic heterocycles. The fourth-order valence-electron chi connectivity index (χ4n) is 4.32. The minimum Gasteiger partial charge on any atom is -0.452 e. The molecule has 1 N–H and O–H groups in total. The monoisotopic (exact) mass is 371 g/mol. The van der Waals surface area contributed by atoms with Crippen LogP contribution in [0.2, 0.25) is 0 Å². The van der Waals surface area contributed by atoms with Crippen LogP contribution in [0.5, 0.6) is 0 Å². The van der Waals surface area contributed by atoms with Crippen LogP contribution in [0.15, 0.2) is 18.2 Å². The zero-order chi connectivity index (χ0) is 19.0. The fraction of sp³-hybridized carbons (Fsp3) is 0.550. The maximum Gasteiger partial charge on any atom is 0.338 e. The number of likely N-dealkylation sites (tertiary alicyclic amines) is 1. The topological polar surface area (TPSA) is 79.0 Å². The molecule has 2 fully saturated rings. The molecule has 3 aliphatic heterocycles. The van der Waals surface area contributed by atoms with Gasteiger partial charge in [-0.05, 0) is 57.2 Å². The van der Waals surface area contributed by atoms with Gasteiger partial charge in [0, 0.05) is 19.1 Å². The zero-order valence-corrected chi connectivity index (χ0v) is 15.6. The van der Waals surface area contributed by atoms with Crippen molar-refractivity contribution in [3.63, 3.8) is 0 Å². The third kappa shape index (κ3) is 3.38. The molecule has 3 aliphatic rings. The van der Waals surface area contributed by atoms with Gasteiger partial charge in [-0.1, -0.05) is 0 Å². The number of fused-ring (bicyclic) bond motifs is 3. The molecule has 2 atom stereocenters.